The van der Waals surface area contributed by atoms with Crippen LogP contribution in [0.1, 0.15) is 31.6 Å². The Balaban J connectivity index is 1.68. The molecule has 0 saturated heterocycles. The van der Waals surface area contributed by atoms with Crippen molar-refractivity contribution in [1.29, 1.82) is 0 Å². The molecule has 8 heteroatoms. The minimum atomic E-state index is -0.311. The predicted octanol–water partition coefficient (Wildman–Crippen LogP) is 4.35. The molecule has 1 aliphatic rings. The van der Waals surface area contributed by atoms with Crippen molar-refractivity contribution in [3.8, 4) is 0 Å². The van der Waals surface area contributed by atoms with Gasteiger partial charge in [0.2, 0.25) is 5.91 Å². The molecule has 1 amide bonds. The molecule has 1 N–H and O–H groups in total. The van der Waals surface area contributed by atoms with Crippen LogP contribution in [0.25, 0.3) is 0 Å². The lowest BCUT2D eigenvalue weighted by Gasteiger charge is -2.13. The van der Waals surface area contributed by atoms with Crippen LogP contribution in [0.3, 0.4) is 0 Å². The molecule has 0 radical (unpaired) electrons. The van der Waals surface area contributed by atoms with Crippen LogP contribution < -0.4 is 5.32 Å². The van der Waals surface area contributed by atoms with Crippen LogP contribution in [0.15, 0.2) is 23.4 Å². The van der Waals surface area contributed by atoms with E-state index in [1.165, 1.54) is 11.8 Å². The van der Waals surface area contributed by atoms with Crippen LogP contribution in [-0.2, 0) is 4.79 Å². The Morgan fingerprint density at radius 2 is 1.96 bits per heavy atom. The van der Waals surface area contributed by atoms with Gasteiger partial charge in [-0.1, -0.05) is 35.0 Å². The Morgan fingerprint density at radius 1 is 1.30 bits per heavy atom. The van der Waals surface area contributed by atoms with Crippen molar-refractivity contribution in [3.05, 3.63) is 34.1 Å². The highest BCUT2D eigenvalue weighted by Gasteiger charge is 2.29. The van der Waals surface area contributed by atoms with Gasteiger partial charge in [0.25, 0.3) is 0 Å². The second kappa shape index (κ2) is 6.71. The molecule has 1 fully saturated rings. The standard InChI is InChI=1S/C15H16Cl2N4OS/c1-8(14(22)18-12-6-10(16)5-11(17)7-12)23-15-20-19-9(2)21(15)13-3-4-13/h5-8,13H,3-4H2,1-2H3,(H,18,22)/t8-/m0/s1. The maximum Gasteiger partial charge on any atom is 0.237 e. The number of aromatic nitrogens is 3. The van der Waals surface area contributed by atoms with Gasteiger partial charge in [0.15, 0.2) is 5.16 Å². The van der Waals surface area contributed by atoms with E-state index in [-0.39, 0.29) is 11.2 Å². The quantitative estimate of drug-likeness (QED) is 0.794. The lowest BCUT2D eigenvalue weighted by atomic mass is 10.3. The first-order valence-electron chi connectivity index (χ1n) is 7.29. The average Bonchev–Trinajstić information content (AvgIpc) is 3.22. The van der Waals surface area contributed by atoms with Gasteiger partial charge in [-0.3, -0.25) is 4.79 Å². The fraction of sp³-hybridized carbons (Fsp3) is 0.400. The van der Waals surface area contributed by atoms with Crippen LogP contribution in [0.2, 0.25) is 10.0 Å². The van der Waals surface area contributed by atoms with Crippen molar-refractivity contribution in [2.24, 2.45) is 0 Å². The van der Waals surface area contributed by atoms with E-state index >= 15 is 0 Å². The summed E-state index contributed by atoms with van der Waals surface area (Å²) in [7, 11) is 0. The highest BCUT2D eigenvalue weighted by molar-refractivity contribution is 8.00. The molecular weight excluding hydrogens is 355 g/mol. The number of thioether (sulfide) groups is 1. The van der Waals surface area contributed by atoms with Crippen molar-refractivity contribution in [2.75, 3.05) is 5.32 Å². The van der Waals surface area contributed by atoms with Crippen LogP contribution in [-0.4, -0.2) is 25.9 Å². The molecule has 0 bridgehead atoms. The van der Waals surface area contributed by atoms with Crippen molar-refractivity contribution in [2.45, 2.75) is 43.1 Å². The molecule has 1 atom stereocenters. The zero-order valence-electron chi connectivity index (χ0n) is 12.7. The summed E-state index contributed by atoms with van der Waals surface area (Å²) in [5.74, 6) is 0.764. The number of carbonyl (C=O) groups is 1. The Morgan fingerprint density at radius 3 is 2.57 bits per heavy atom. The third-order valence-electron chi connectivity index (χ3n) is 3.53. The number of benzene rings is 1. The summed E-state index contributed by atoms with van der Waals surface area (Å²) in [6.45, 7) is 3.78. The van der Waals surface area contributed by atoms with Crippen molar-refractivity contribution in [3.63, 3.8) is 0 Å². The maximum atomic E-state index is 12.4. The van der Waals surface area contributed by atoms with Crippen LogP contribution >= 0.6 is 35.0 Å². The smallest absolute Gasteiger partial charge is 0.237 e. The summed E-state index contributed by atoms with van der Waals surface area (Å²) < 4.78 is 2.12. The molecule has 0 aliphatic heterocycles. The van der Waals surface area contributed by atoms with E-state index in [1.807, 2.05) is 13.8 Å². The predicted molar refractivity (Wildman–Crippen MR) is 93.4 cm³/mol. The van der Waals surface area contributed by atoms with E-state index in [0.717, 1.165) is 23.8 Å². The largest absolute Gasteiger partial charge is 0.325 e. The van der Waals surface area contributed by atoms with Gasteiger partial charge in [0, 0.05) is 21.8 Å². The summed E-state index contributed by atoms with van der Waals surface area (Å²) >= 11 is 13.3. The first-order chi connectivity index (χ1) is 10.9. The second-order valence-corrected chi connectivity index (χ2v) is 7.72. The molecule has 1 heterocycles. The number of carbonyl (C=O) groups excluding carboxylic acids is 1. The molecule has 1 saturated carbocycles. The van der Waals surface area contributed by atoms with Gasteiger partial charge < -0.3 is 9.88 Å². The average molecular weight is 371 g/mol. The van der Waals surface area contributed by atoms with Gasteiger partial charge in [-0.05, 0) is 44.9 Å². The number of nitrogens with zero attached hydrogens (tertiary/aromatic N) is 3. The lowest BCUT2D eigenvalue weighted by Crippen LogP contribution is -2.23. The van der Waals surface area contributed by atoms with E-state index in [0.29, 0.717) is 21.8 Å². The molecule has 23 heavy (non-hydrogen) atoms. The number of hydrogen-bond donors (Lipinski definition) is 1. The number of hydrogen-bond acceptors (Lipinski definition) is 4. The number of aryl methyl sites for hydroxylation is 1. The first kappa shape index (κ1) is 16.6. The Kier molecular flexibility index (Phi) is 4.85. The fourth-order valence-electron chi connectivity index (χ4n) is 2.26. The molecule has 1 aliphatic carbocycles. The summed E-state index contributed by atoms with van der Waals surface area (Å²) in [4.78, 5) is 12.4. The second-order valence-electron chi connectivity index (χ2n) is 5.54. The molecule has 2 aromatic rings. The Hall–Kier alpha value is -1.24. The molecular formula is C15H16Cl2N4OS. The van der Waals surface area contributed by atoms with Crippen molar-refractivity contribution in [1.82, 2.24) is 14.8 Å². The highest BCUT2D eigenvalue weighted by atomic mass is 35.5. The molecule has 1 aromatic heterocycles. The SMILES string of the molecule is Cc1nnc(S[C@@H](C)C(=O)Nc2cc(Cl)cc(Cl)c2)n1C1CC1. The molecule has 0 spiro atoms. The molecule has 122 valence electrons. The minimum Gasteiger partial charge on any atom is -0.325 e. The van der Waals surface area contributed by atoms with Crippen LogP contribution in [0, 0.1) is 6.92 Å². The summed E-state index contributed by atoms with van der Waals surface area (Å²) in [5, 5.41) is 12.6. The maximum absolute atomic E-state index is 12.4. The Bertz CT molecular complexity index is 725. The van der Waals surface area contributed by atoms with E-state index in [2.05, 4.69) is 20.1 Å². The van der Waals surface area contributed by atoms with E-state index in [1.54, 1.807) is 18.2 Å². The molecule has 0 unspecified atom stereocenters. The number of halogens is 2. The third-order valence-corrected chi connectivity index (χ3v) is 5.02. The number of anilines is 1. The van der Waals surface area contributed by atoms with Crippen LogP contribution in [0.4, 0.5) is 5.69 Å². The van der Waals surface area contributed by atoms with Crippen LogP contribution in [0.5, 0.6) is 0 Å². The molecule has 1 aromatic carbocycles. The first-order valence-corrected chi connectivity index (χ1v) is 8.92. The highest BCUT2D eigenvalue weighted by Crippen LogP contribution is 2.39. The van der Waals surface area contributed by atoms with Crippen molar-refractivity contribution >= 4 is 46.6 Å². The Labute approximate surface area is 148 Å². The normalized spacial score (nSPS) is 15.5. The van der Waals surface area contributed by atoms with Gasteiger partial charge >= 0.3 is 0 Å². The van der Waals surface area contributed by atoms with E-state index in [4.69, 9.17) is 23.2 Å². The number of nitrogens with one attached hydrogen (secondary N) is 1. The lowest BCUT2D eigenvalue weighted by molar-refractivity contribution is -0.115. The van der Waals surface area contributed by atoms with E-state index in [9.17, 15) is 4.79 Å². The van der Waals surface area contributed by atoms with E-state index < -0.39 is 0 Å². The minimum absolute atomic E-state index is 0.128. The summed E-state index contributed by atoms with van der Waals surface area (Å²) in [6.07, 6.45) is 2.29. The third kappa shape index (κ3) is 4.00. The fourth-order valence-corrected chi connectivity index (χ4v) is 3.76. The zero-order chi connectivity index (χ0) is 16.6. The van der Waals surface area contributed by atoms with Gasteiger partial charge in [0.05, 0.1) is 5.25 Å². The molecule has 5 nitrogen and oxygen atoms in total. The summed E-state index contributed by atoms with van der Waals surface area (Å²) in [5.41, 5.74) is 0.583. The monoisotopic (exact) mass is 370 g/mol. The zero-order valence-corrected chi connectivity index (χ0v) is 15.0. The van der Waals surface area contributed by atoms with Gasteiger partial charge in [-0.25, -0.2) is 0 Å². The number of rotatable bonds is 5. The summed E-state index contributed by atoms with van der Waals surface area (Å²) in [6, 6.07) is 5.44. The van der Waals surface area contributed by atoms with Gasteiger partial charge in [-0.2, -0.15) is 0 Å². The van der Waals surface area contributed by atoms with Crippen molar-refractivity contribution < 1.29 is 4.79 Å². The number of amides is 1. The van der Waals surface area contributed by atoms with Gasteiger partial charge in [0.1, 0.15) is 5.82 Å². The van der Waals surface area contributed by atoms with Gasteiger partial charge in [-0.15, -0.1) is 10.2 Å². The topological polar surface area (TPSA) is 59.8 Å². The molecule has 3 rings (SSSR count).